The number of aromatic nitrogens is 3. The van der Waals surface area contributed by atoms with Crippen molar-refractivity contribution in [3.8, 4) is 0 Å². The minimum Gasteiger partial charge on any atom is -0.361 e. The van der Waals surface area contributed by atoms with Gasteiger partial charge in [-0.1, -0.05) is 12.1 Å². The second kappa shape index (κ2) is 6.57. The number of aromatic amines is 1. The monoisotopic (exact) mass is 325 g/mol. The van der Waals surface area contributed by atoms with E-state index in [-0.39, 0.29) is 6.04 Å². The van der Waals surface area contributed by atoms with Crippen molar-refractivity contribution in [3.05, 3.63) is 54.4 Å². The van der Waals surface area contributed by atoms with E-state index in [0.29, 0.717) is 13.0 Å². The molecule has 24 heavy (non-hydrogen) atoms. The first-order valence-corrected chi connectivity index (χ1v) is 8.25. The van der Waals surface area contributed by atoms with E-state index < -0.39 is 6.17 Å². The third kappa shape index (κ3) is 2.97. The van der Waals surface area contributed by atoms with Crippen LogP contribution < -0.4 is 10.2 Å². The van der Waals surface area contributed by atoms with E-state index in [9.17, 15) is 4.39 Å². The van der Waals surface area contributed by atoms with Gasteiger partial charge in [-0.15, -0.1) is 5.10 Å². The van der Waals surface area contributed by atoms with Gasteiger partial charge in [0.25, 0.3) is 0 Å². The van der Waals surface area contributed by atoms with Crippen LogP contribution in [0.2, 0.25) is 0 Å². The molecule has 1 aliphatic heterocycles. The molecule has 0 bridgehead atoms. The van der Waals surface area contributed by atoms with E-state index in [2.05, 4.69) is 44.8 Å². The summed E-state index contributed by atoms with van der Waals surface area (Å²) >= 11 is 0. The third-order valence-corrected chi connectivity index (χ3v) is 4.60. The molecule has 2 N–H and O–H groups in total. The Balaban J connectivity index is 1.42. The SMILES string of the molecule is F[C@H]1C[C@@H](CNCc2cccc3[nH]ccc23)N(c2cccnn2)C1. The van der Waals surface area contributed by atoms with Crippen molar-refractivity contribution < 1.29 is 4.39 Å². The van der Waals surface area contributed by atoms with Gasteiger partial charge in [0.05, 0.1) is 6.54 Å². The molecule has 0 spiro atoms. The number of hydrogen-bond acceptors (Lipinski definition) is 4. The molecule has 5 nitrogen and oxygen atoms in total. The minimum absolute atomic E-state index is 0.0992. The molecule has 124 valence electrons. The average Bonchev–Trinajstić information content (AvgIpc) is 3.22. The van der Waals surface area contributed by atoms with Crippen LogP contribution in [0.1, 0.15) is 12.0 Å². The zero-order valence-electron chi connectivity index (χ0n) is 13.3. The lowest BCUT2D eigenvalue weighted by Gasteiger charge is -2.25. The molecule has 0 aliphatic carbocycles. The highest BCUT2D eigenvalue weighted by molar-refractivity contribution is 5.82. The predicted octanol–water partition coefficient (Wildman–Crippen LogP) is 2.66. The number of hydrogen-bond donors (Lipinski definition) is 2. The summed E-state index contributed by atoms with van der Waals surface area (Å²) in [6.45, 7) is 1.87. The van der Waals surface area contributed by atoms with Crippen LogP contribution in [-0.2, 0) is 6.54 Å². The molecule has 1 saturated heterocycles. The van der Waals surface area contributed by atoms with Crippen LogP contribution >= 0.6 is 0 Å². The fourth-order valence-corrected chi connectivity index (χ4v) is 3.46. The minimum atomic E-state index is -0.813. The number of anilines is 1. The lowest BCUT2D eigenvalue weighted by Crippen LogP contribution is -2.38. The molecule has 4 rings (SSSR count). The fourth-order valence-electron chi connectivity index (χ4n) is 3.46. The first-order valence-electron chi connectivity index (χ1n) is 8.25. The Morgan fingerprint density at radius 1 is 1.25 bits per heavy atom. The highest BCUT2D eigenvalue weighted by Crippen LogP contribution is 2.25. The van der Waals surface area contributed by atoms with Crippen LogP contribution in [0.15, 0.2) is 48.8 Å². The van der Waals surface area contributed by atoms with Crippen molar-refractivity contribution in [2.24, 2.45) is 0 Å². The summed E-state index contributed by atoms with van der Waals surface area (Å²) in [5.74, 6) is 0.747. The van der Waals surface area contributed by atoms with Gasteiger partial charge in [0.15, 0.2) is 5.82 Å². The van der Waals surface area contributed by atoms with Gasteiger partial charge < -0.3 is 15.2 Å². The molecular weight excluding hydrogens is 305 g/mol. The molecule has 0 unspecified atom stereocenters. The van der Waals surface area contributed by atoms with Crippen LogP contribution in [0.3, 0.4) is 0 Å². The number of benzene rings is 1. The second-order valence-electron chi connectivity index (χ2n) is 6.21. The van der Waals surface area contributed by atoms with Gasteiger partial charge in [0, 0.05) is 48.8 Å². The van der Waals surface area contributed by atoms with E-state index >= 15 is 0 Å². The summed E-state index contributed by atoms with van der Waals surface area (Å²) in [4.78, 5) is 5.24. The van der Waals surface area contributed by atoms with Gasteiger partial charge in [-0.25, -0.2) is 4.39 Å². The smallest absolute Gasteiger partial charge is 0.151 e. The molecular formula is C18H20FN5. The largest absolute Gasteiger partial charge is 0.361 e. The van der Waals surface area contributed by atoms with Gasteiger partial charge in [-0.2, -0.15) is 5.10 Å². The number of nitrogens with zero attached hydrogens (tertiary/aromatic N) is 3. The van der Waals surface area contributed by atoms with Crippen LogP contribution in [0.25, 0.3) is 10.9 Å². The van der Waals surface area contributed by atoms with E-state index in [1.165, 1.54) is 10.9 Å². The highest BCUT2D eigenvalue weighted by atomic mass is 19.1. The lowest BCUT2D eigenvalue weighted by atomic mass is 10.1. The first kappa shape index (κ1) is 15.1. The molecule has 3 heterocycles. The van der Waals surface area contributed by atoms with E-state index in [0.717, 1.165) is 24.4 Å². The Morgan fingerprint density at radius 2 is 2.21 bits per heavy atom. The number of halogens is 1. The Morgan fingerprint density at radius 3 is 3.08 bits per heavy atom. The number of nitrogens with one attached hydrogen (secondary N) is 2. The van der Waals surface area contributed by atoms with Crippen molar-refractivity contribution in [2.45, 2.75) is 25.2 Å². The van der Waals surface area contributed by atoms with Crippen molar-refractivity contribution in [1.82, 2.24) is 20.5 Å². The highest BCUT2D eigenvalue weighted by Gasteiger charge is 2.32. The predicted molar refractivity (Wildman–Crippen MR) is 92.7 cm³/mol. The zero-order valence-corrected chi connectivity index (χ0v) is 13.3. The molecule has 1 aromatic carbocycles. The topological polar surface area (TPSA) is 56.8 Å². The number of H-pyrrole nitrogens is 1. The average molecular weight is 325 g/mol. The van der Waals surface area contributed by atoms with E-state index in [1.54, 1.807) is 6.20 Å². The van der Waals surface area contributed by atoms with Gasteiger partial charge in [0.2, 0.25) is 0 Å². The van der Waals surface area contributed by atoms with Gasteiger partial charge in [-0.3, -0.25) is 0 Å². The van der Waals surface area contributed by atoms with Gasteiger partial charge in [0.1, 0.15) is 6.17 Å². The van der Waals surface area contributed by atoms with Gasteiger partial charge >= 0.3 is 0 Å². The number of rotatable bonds is 5. The maximum Gasteiger partial charge on any atom is 0.151 e. The van der Waals surface area contributed by atoms with Crippen LogP contribution in [0.4, 0.5) is 10.2 Å². The Bertz CT molecular complexity index is 803. The molecule has 1 fully saturated rings. The molecule has 0 amide bonds. The summed E-state index contributed by atoms with van der Waals surface area (Å²) < 4.78 is 13.9. The van der Waals surface area contributed by atoms with Crippen molar-refractivity contribution in [1.29, 1.82) is 0 Å². The molecule has 0 radical (unpaired) electrons. The quantitative estimate of drug-likeness (QED) is 0.757. The van der Waals surface area contributed by atoms with Crippen molar-refractivity contribution >= 4 is 16.7 Å². The van der Waals surface area contributed by atoms with E-state index in [1.807, 2.05) is 23.2 Å². The lowest BCUT2D eigenvalue weighted by molar-refractivity contribution is 0.354. The third-order valence-electron chi connectivity index (χ3n) is 4.60. The molecule has 1 aliphatic rings. The molecule has 2 aromatic heterocycles. The number of alkyl halides is 1. The zero-order chi connectivity index (χ0) is 16.4. The summed E-state index contributed by atoms with van der Waals surface area (Å²) in [5.41, 5.74) is 2.38. The Kier molecular flexibility index (Phi) is 4.13. The van der Waals surface area contributed by atoms with Crippen LogP contribution in [0, 0.1) is 0 Å². The van der Waals surface area contributed by atoms with Crippen LogP contribution in [-0.4, -0.2) is 40.5 Å². The molecule has 0 saturated carbocycles. The fraction of sp³-hybridized carbons (Fsp3) is 0.333. The van der Waals surface area contributed by atoms with Crippen LogP contribution in [0.5, 0.6) is 0 Å². The molecule has 6 heteroatoms. The first-order chi connectivity index (χ1) is 11.8. The maximum absolute atomic E-state index is 13.9. The Labute approximate surface area is 139 Å². The Hall–Kier alpha value is -2.47. The summed E-state index contributed by atoms with van der Waals surface area (Å²) in [6.07, 6.45) is 3.30. The molecule has 2 atom stereocenters. The number of fused-ring (bicyclic) bond motifs is 1. The van der Waals surface area contributed by atoms with Gasteiger partial charge in [-0.05, 0) is 29.8 Å². The van der Waals surface area contributed by atoms with Crippen molar-refractivity contribution in [2.75, 3.05) is 18.0 Å². The summed E-state index contributed by atoms with van der Waals surface area (Å²) in [7, 11) is 0. The summed E-state index contributed by atoms with van der Waals surface area (Å²) in [6, 6.07) is 12.2. The maximum atomic E-state index is 13.9. The normalized spacial score (nSPS) is 20.8. The van der Waals surface area contributed by atoms with Crippen molar-refractivity contribution in [3.63, 3.8) is 0 Å². The van der Waals surface area contributed by atoms with E-state index in [4.69, 9.17) is 0 Å². The second-order valence-corrected chi connectivity index (χ2v) is 6.21. The summed E-state index contributed by atoms with van der Waals surface area (Å²) in [5, 5.41) is 12.7. The molecule has 3 aromatic rings. The standard InChI is InChI=1S/C18H20FN5/c19-14-9-15(24(12-14)18-5-2-7-22-23-18)11-20-10-13-3-1-4-17-16(13)6-8-21-17/h1-8,14-15,20-21H,9-12H2/t14-,15-/m0/s1.